The first-order valence-corrected chi connectivity index (χ1v) is 10.4. The maximum absolute atomic E-state index is 13.3. The minimum Gasteiger partial charge on any atom is -0.395 e. The van der Waals surface area contributed by atoms with Gasteiger partial charge in [-0.3, -0.25) is 14.4 Å². The topological polar surface area (TPSA) is 131 Å². The van der Waals surface area contributed by atoms with Crippen LogP contribution in [0.5, 0.6) is 0 Å². The number of primary amides is 1. The summed E-state index contributed by atoms with van der Waals surface area (Å²) in [5, 5.41) is 3.04. The molecule has 1 heterocycles. The average molecular weight is 416 g/mol. The van der Waals surface area contributed by atoms with E-state index in [0.29, 0.717) is 0 Å². The third-order valence-corrected chi connectivity index (χ3v) is 6.01. The van der Waals surface area contributed by atoms with Crippen molar-refractivity contribution in [2.24, 2.45) is 5.73 Å². The van der Waals surface area contributed by atoms with Crippen molar-refractivity contribution in [1.82, 2.24) is 14.6 Å². The molecule has 1 aliphatic carbocycles. The minimum absolute atomic E-state index is 0.0473. The summed E-state index contributed by atoms with van der Waals surface area (Å²) in [5.41, 5.74) is 11.9. The Hall–Kier alpha value is -2.94. The van der Waals surface area contributed by atoms with Crippen molar-refractivity contribution >= 4 is 34.9 Å². The van der Waals surface area contributed by atoms with Gasteiger partial charge in [-0.15, -0.1) is 0 Å². The highest BCUT2D eigenvalue weighted by Gasteiger charge is 2.32. The van der Waals surface area contributed by atoms with Crippen LogP contribution in [0.2, 0.25) is 0 Å². The van der Waals surface area contributed by atoms with Gasteiger partial charge in [-0.1, -0.05) is 43.2 Å². The molecule has 5 N–H and O–H groups in total. The number of aromatic nitrogens is 1. The van der Waals surface area contributed by atoms with Gasteiger partial charge in [0.05, 0.1) is 5.69 Å². The minimum atomic E-state index is -0.792. The van der Waals surface area contributed by atoms with Crippen LogP contribution < -0.4 is 16.8 Å². The number of benzene rings is 1. The van der Waals surface area contributed by atoms with E-state index < -0.39 is 17.9 Å². The van der Waals surface area contributed by atoms with E-state index in [4.69, 9.17) is 11.5 Å². The van der Waals surface area contributed by atoms with Gasteiger partial charge in [0.15, 0.2) is 5.69 Å². The molecule has 0 spiro atoms. The lowest BCUT2D eigenvalue weighted by Gasteiger charge is -2.29. The molecular weight excluding hydrogens is 390 g/mol. The fourth-order valence-corrected chi connectivity index (χ4v) is 4.22. The summed E-state index contributed by atoms with van der Waals surface area (Å²) in [7, 11) is 0. The van der Waals surface area contributed by atoms with Gasteiger partial charge in [0.25, 0.3) is 11.8 Å². The largest absolute Gasteiger partial charge is 0.395 e. The first-order valence-electron chi connectivity index (χ1n) is 9.58. The number of anilines is 1. The van der Waals surface area contributed by atoms with Gasteiger partial charge in [0.1, 0.15) is 10.9 Å². The molecule has 154 valence electrons. The molecule has 8 nitrogen and oxygen atoms in total. The van der Waals surface area contributed by atoms with Gasteiger partial charge in [-0.05, 0) is 36.9 Å². The van der Waals surface area contributed by atoms with Gasteiger partial charge in [0, 0.05) is 12.6 Å². The van der Waals surface area contributed by atoms with Crippen molar-refractivity contribution in [2.75, 3.05) is 5.73 Å². The predicted molar refractivity (Wildman–Crippen MR) is 111 cm³/mol. The van der Waals surface area contributed by atoms with Crippen LogP contribution in [0.15, 0.2) is 30.3 Å². The molecule has 1 fully saturated rings. The fraction of sp³-hybridized carbons (Fsp3) is 0.400. The molecule has 9 heteroatoms. The number of nitrogen functional groups attached to an aromatic ring is 1. The Morgan fingerprint density at radius 2 is 1.90 bits per heavy atom. The smallest absolute Gasteiger partial charge is 0.270 e. The summed E-state index contributed by atoms with van der Waals surface area (Å²) >= 11 is 0.815. The Morgan fingerprint density at radius 1 is 1.24 bits per heavy atom. The average Bonchev–Trinajstić information content (AvgIpc) is 3.35. The molecule has 0 radical (unpaired) electrons. The fourth-order valence-electron chi connectivity index (χ4n) is 3.46. The second-order valence-electron chi connectivity index (χ2n) is 7.22. The Balaban J connectivity index is 1.86. The van der Waals surface area contributed by atoms with Gasteiger partial charge in [0.2, 0.25) is 5.91 Å². The number of nitrogens with one attached hydrogen (secondary N) is 1. The van der Waals surface area contributed by atoms with Crippen molar-refractivity contribution in [3.8, 4) is 0 Å². The number of amides is 3. The molecule has 0 saturated heterocycles. The van der Waals surface area contributed by atoms with Crippen molar-refractivity contribution < 1.29 is 14.4 Å². The van der Waals surface area contributed by atoms with Crippen LogP contribution in [0.25, 0.3) is 0 Å². The Kier molecular flexibility index (Phi) is 6.48. The molecule has 1 aromatic carbocycles. The first kappa shape index (κ1) is 20.8. The third kappa shape index (κ3) is 4.73. The zero-order valence-electron chi connectivity index (χ0n) is 16.3. The maximum Gasteiger partial charge on any atom is 0.270 e. The monoisotopic (exact) mass is 415 g/mol. The van der Waals surface area contributed by atoms with Crippen LogP contribution in [0, 0.1) is 0 Å². The molecule has 3 amide bonds. The molecule has 0 bridgehead atoms. The number of carbonyl (C=O) groups is 3. The Labute approximate surface area is 173 Å². The predicted octanol–water partition coefficient (Wildman–Crippen LogP) is 1.91. The number of carbonyl (C=O) groups excluding carboxylic acids is 3. The highest BCUT2D eigenvalue weighted by molar-refractivity contribution is 7.09. The van der Waals surface area contributed by atoms with Gasteiger partial charge >= 0.3 is 0 Å². The molecule has 3 rings (SSSR count). The third-order valence-electron chi connectivity index (χ3n) is 5.16. The maximum atomic E-state index is 13.3. The van der Waals surface area contributed by atoms with Gasteiger partial charge < -0.3 is 21.7 Å². The SMILES string of the molecule is CC(C(=O)NC1CCCC1)N(Cc1ccccc1)C(=O)c1snc(C(N)=O)c1N. The lowest BCUT2D eigenvalue weighted by molar-refractivity contribution is -0.126. The highest BCUT2D eigenvalue weighted by Crippen LogP contribution is 2.25. The van der Waals surface area contributed by atoms with E-state index in [1.54, 1.807) is 6.92 Å². The number of hydrogen-bond donors (Lipinski definition) is 3. The molecule has 1 aliphatic rings. The summed E-state index contributed by atoms with van der Waals surface area (Å²) in [4.78, 5) is 39.1. The summed E-state index contributed by atoms with van der Waals surface area (Å²) in [6.45, 7) is 1.92. The lowest BCUT2D eigenvalue weighted by Crippen LogP contribution is -2.49. The molecular formula is C20H25N5O3S. The van der Waals surface area contributed by atoms with E-state index in [1.165, 1.54) is 4.90 Å². The van der Waals surface area contributed by atoms with Crippen LogP contribution in [0.1, 0.15) is 58.3 Å². The van der Waals surface area contributed by atoms with Crippen LogP contribution in [0.4, 0.5) is 5.69 Å². The first-order chi connectivity index (χ1) is 13.9. The number of nitrogens with zero attached hydrogens (tertiary/aromatic N) is 2. The standard InChI is InChI=1S/C20H25N5O3S/c1-12(19(27)23-14-9-5-6-10-14)25(11-13-7-3-2-4-8-13)20(28)17-15(21)16(18(22)26)24-29-17/h2-4,7-8,12,14H,5-6,9-11,21H2,1H3,(H2,22,26)(H,23,27). The Bertz CT molecular complexity index is 893. The van der Waals surface area contributed by atoms with Crippen LogP contribution >= 0.6 is 11.5 Å². The van der Waals surface area contributed by atoms with E-state index >= 15 is 0 Å². The summed E-state index contributed by atoms with van der Waals surface area (Å²) in [6.07, 6.45) is 4.10. The second-order valence-corrected chi connectivity index (χ2v) is 8.00. The molecule has 1 aromatic heterocycles. The van der Waals surface area contributed by atoms with E-state index in [1.807, 2.05) is 30.3 Å². The van der Waals surface area contributed by atoms with E-state index in [-0.39, 0.29) is 34.8 Å². The van der Waals surface area contributed by atoms with Crippen molar-refractivity contribution in [3.63, 3.8) is 0 Å². The molecule has 2 aromatic rings. The van der Waals surface area contributed by atoms with Crippen LogP contribution in [-0.4, -0.2) is 39.1 Å². The number of rotatable bonds is 7. The molecule has 1 atom stereocenters. The number of nitrogens with two attached hydrogens (primary N) is 2. The molecule has 1 unspecified atom stereocenters. The highest BCUT2D eigenvalue weighted by atomic mass is 32.1. The molecule has 1 saturated carbocycles. The van der Waals surface area contributed by atoms with Crippen LogP contribution in [-0.2, 0) is 11.3 Å². The lowest BCUT2D eigenvalue weighted by atomic mass is 10.1. The summed E-state index contributed by atoms with van der Waals surface area (Å²) < 4.78 is 3.91. The number of hydrogen-bond acceptors (Lipinski definition) is 6. The van der Waals surface area contributed by atoms with E-state index in [2.05, 4.69) is 9.69 Å². The van der Waals surface area contributed by atoms with Crippen molar-refractivity contribution in [3.05, 3.63) is 46.5 Å². The van der Waals surface area contributed by atoms with Crippen molar-refractivity contribution in [2.45, 2.75) is 51.2 Å². The van der Waals surface area contributed by atoms with E-state index in [9.17, 15) is 14.4 Å². The Morgan fingerprint density at radius 3 is 2.48 bits per heavy atom. The van der Waals surface area contributed by atoms with E-state index in [0.717, 1.165) is 42.8 Å². The summed E-state index contributed by atoms with van der Waals surface area (Å²) in [5.74, 6) is -1.45. The molecule has 0 aliphatic heterocycles. The normalized spacial score (nSPS) is 15.1. The zero-order valence-corrected chi connectivity index (χ0v) is 17.1. The quantitative estimate of drug-likeness (QED) is 0.636. The van der Waals surface area contributed by atoms with Gasteiger partial charge in [-0.2, -0.15) is 4.37 Å². The van der Waals surface area contributed by atoms with Gasteiger partial charge in [-0.25, -0.2) is 0 Å². The summed E-state index contributed by atoms with van der Waals surface area (Å²) in [6, 6.07) is 8.81. The second kappa shape index (κ2) is 9.04. The zero-order chi connectivity index (χ0) is 21.0. The van der Waals surface area contributed by atoms with Crippen LogP contribution in [0.3, 0.4) is 0 Å². The van der Waals surface area contributed by atoms with Crippen molar-refractivity contribution in [1.29, 1.82) is 0 Å². The molecule has 29 heavy (non-hydrogen) atoms.